The van der Waals surface area contributed by atoms with E-state index in [9.17, 15) is 19.2 Å². The summed E-state index contributed by atoms with van der Waals surface area (Å²) >= 11 is -3.12. The van der Waals surface area contributed by atoms with Gasteiger partial charge in [0, 0.05) is 0 Å². The molecule has 10 nitrogen and oxygen atoms in total. The van der Waals surface area contributed by atoms with Gasteiger partial charge in [-0.15, -0.1) is 0 Å². The van der Waals surface area contributed by atoms with E-state index in [0.29, 0.717) is 11.3 Å². The number of methoxy groups -OCH3 is 1. The Labute approximate surface area is 273 Å². The summed E-state index contributed by atoms with van der Waals surface area (Å²) in [5.74, 6) is -1.79. The van der Waals surface area contributed by atoms with Gasteiger partial charge >= 0.3 is 274 Å². The third-order valence-corrected chi connectivity index (χ3v) is 23.9. The predicted molar refractivity (Wildman–Crippen MR) is 173 cm³/mol. The quantitative estimate of drug-likeness (QED) is 0.109. The zero-order chi connectivity index (χ0) is 33.7. The van der Waals surface area contributed by atoms with Crippen LogP contribution in [0.2, 0.25) is 13.3 Å². The number of aryl methyl sites for hydroxylation is 1. The van der Waals surface area contributed by atoms with Crippen LogP contribution in [0, 0.1) is 6.92 Å². The van der Waals surface area contributed by atoms with Gasteiger partial charge in [0.05, 0.1) is 0 Å². The van der Waals surface area contributed by atoms with Crippen LogP contribution in [-0.2, 0) is 42.9 Å². The first-order chi connectivity index (χ1) is 21.3. The third-order valence-electron chi connectivity index (χ3n) is 8.36. The standard InChI is InChI=1S/C22H27O10.3C4H9.Sn/c1-11-7-8-17(27-6)16(9-11)19-21(30-14(4)25)22(31-15(5)26)20(29-13(3)24)18(32-19)10-28-12(2)23;3*1-3-4-2;/h7,9,18-22H,10H2,1-6H3;3*1,3-4H2,2H3;/t18-,19+,20+,21+,22+;;;;/m1..../s1. The van der Waals surface area contributed by atoms with Gasteiger partial charge in [-0.1, -0.05) is 0 Å². The molecule has 254 valence electrons. The van der Waals surface area contributed by atoms with E-state index in [1.807, 2.05) is 13.0 Å². The van der Waals surface area contributed by atoms with Gasteiger partial charge in [0.25, 0.3) is 0 Å². The molecular weight excluding hydrogens is 687 g/mol. The maximum absolute atomic E-state index is 12.5. The van der Waals surface area contributed by atoms with Gasteiger partial charge in [-0.25, -0.2) is 0 Å². The van der Waals surface area contributed by atoms with Crippen molar-refractivity contribution in [1.29, 1.82) is 0 Å². The number of esters is 4. The molecule has 0 amide bonds. The Morgan fingerprint density at radius 3 is 1.67 bits per heavy atom. The molecule has 0 unspecified atom stereocenters. The van der Waals surface area contributed by atoms with E-state index in [4.69, 9.17) is 28.4 Å². The molecule has 1 aromatic carbocycles. The van der Waals surface area contributed by atoms with Crippen molar-refractivity contribution < 1.29 is 47.6 Å². The third kappa shape index (κ3) is 10.9. The van der Waals surface area contributed by atoms with Crippen LogP contribution in [0.1, 0.15) is 104 Å². The van der Waals surface area contributed by atoms with Gasteiger partial charge in [0.15, 0.2) is 0 Å². The van der Waals surface area contributed by atoms with Crippen molar-refractivity contribution >= 4 is 45.8 Å². The van der Waals surface area contributed by atoms with Crippen LogP contribution in [0.4, 0.5) is 0 Å². The SMILES string of the molecule is CCC[CH2][Sn]([CH2]CCC)([CH2]CCC)[c]1cc(C)cc([C@@H]2O[C@H](COC(C)=O)[C@H](OC(C)=O)[C@H](OC(C)=O)[C@H]2OC(C)=O)c1OC. The molecule has 0 saturated carbocycles. The van der Waals surface area contributed by atoms with Gasteiger partial charge in [-0.05, 0) is 0 Å². The van der Waals surface area contributed by atoms with Crippen LogP contribution in [0.5, 0.6) is 5.75 Å². The van der Waals surface area contributed by atoms with Crippen molar-refractivity contribution in [3.63, 3.8) is 0 Å². The minimum absolute atomic E-state index is 0.276. The van der Waals surface area contributed by atoms with Gasteiger partial charge in [-0.3, -0.25) is 0 Å². The Balaban J connectivity index is 2.91. The summed E-state index contributed by atoms with van der Waals surface area (Å²) in [7, 11) is 1.65. The first kappa shape index (κ1) is 38.8. The van der Waals surface area contributed by atoms with E-state index in [1.165, 1.54) is 44.6 Å². The summed E-state index contributed by atoms with van der Waals surface area (Å²) in [6.07, 6.45) is 1.13. The van der Waals surface area contributed by atoms with Crippen molar-refractivity contribution in [2.45, 2.75) is 138 Å². The van der Waals surface area contributed by atoms with E-state index in [-0.39, 0.29) is 6.61 Å². The molecule has 0 radical (unpaired) electrons. The Kier molecular flexibility index (Phi) is 16.2. The van der Waals surface area contributed by atoms with Crippen LogP contribution in [-0.4, -0.2) is 80.4 Å². The molecule has 5 atom stereocenters. The molecule has 1 heterocycles. The Bertz CT molecular complexity index is 1130. The Morgan fingerprint density at radius 1 is 0.733 bits per heavy atom. The Hall–Kier alpha value is -2.34. The average Bonchev–Trinajstić information content (AvgIpc) is 2.97. The maximum atomic E-state index is 12.5. The molecule has 1 aliphatic rings. The number of benzene rings is 1. The molecule has 1 aromatic rings. The molecule has 11 heteroatoms. The molecule has 0 N–H and O–H groups in total. The first-order valence-corrected chi connectivity index (χ1v) is 23.8. The number of hydrogen-bond acceptors (Lipinski definition) is 10. The van der Waals surface area contributed by atoms with Crippen molar-refractivity contribution in [3.05, 3.63) is 23.3 Å². The fraction of sp³-hybridized carbons (Fsp3) is 0.706. The monoisotopic (exact) mass is 742 g/mol. The molecule has 0 bridgehead atoms. The second-order valence-electron chi connectivity index (χ2n) is 12.1. The van der Waals surface area contributed by atoms with Crippen LogP contribution >= 0.6 is 0 Å². The first-order valence-electron chi connectivity index (χ1n) is 16.3. The van der Waals surface area contributed by atoms with Crippen molar-refractivity contribution in [3.8, 4) is 5.75 Å². The van der Waals surface area contributed by atoms with E-state index in [2.05, 4.69) is 26.8 Å². The molecule has 0 spiro atoms. The van der Waals surface area contributed by atoms with Gasteiger partial charge in [0.1, 0.15) is 0 Å². The molecular formula is C34H54O10Sn. The summed E-state index contributed by atoms with van der Waals surface area (Å²) in [6, 6.07) is 4.24. The van der Waals surface area contributed by atoms with Gasteiger partial charge < -0.3 is 0 Å². The van der Waals surface area contributed by atoms with Crippen molar-refractivity contribution in [1.82, 2.24) is 0 Å². The summed E-state index contributed by atoms with van der Waals surface area (Å²) in [6.45, 7) is 13.4. The van der Waals surface area contributed by atoms with E-state index in [1.54, 1.807) is 7.11 Å². The molecule has 0 aromatic heterocycles. The molecule has 1 saturated heterocycles. The fourth-order valence-electron chi connectivity index (χ4n) is 6.44. The summed E-state index contributed by atoms with van der Waals surface area (Å²) in [5, 5.41) is 0. The van der Waals surface area contributed by atoms with E-state index < -0.39 is 72.8 Å². The van der Waals surface area contributed by atoms with Crippen molar-refractivity contribution in [2.75, 3.05) is 13.7 Å². The molecule has 1 fully saturated rings. The van der Waals surface area contributed by atoms with E-state index >= 15 is 0 Å². The van der Waals surface area contributed by atoms with Crippen LogP contribution in [0.3, 0.4) is 0 Å². The average molecular weight is 742 g/mol. The van der Waals surface area contributed by atoms with Crippen LogP contribution in [0.25, 0.3) is 0 Å². The molecule has 1 aliphatic heterocycles. The minimum atomic E-state index is -3.12. The molecule has 45 heavy (non-hydrogen) atoms. The second kappa shape index (κ2) is 18.7. The summed E-state index contributed by atoms with van der Waals surface area (Å²) in [5.41, 5.74) is 1.68. The predicted octanol–water partition coefficient (Wildman–Crippen LogP) is 5.86. The molecule has 2 rings (SSSR count). The summed E-state index contributed by atoms with van der Waals surface area (Å²) in [4.78, 5) is 49.0. The second-order valence-corrected chi connectivity index (χ2v) is 25.3. The van der Waals surface area contributed by atoms with Crippen molar-refractivity contribution in [2.24, 2.45) is 0 Å². The number of unbranched alkanes of at least 4 members (excludes halogenated alkanes) is 3. The zero-order valence-electron chi connectivity index (χ0n) is 28.7. The van der Waals surface area contributed by atoms with E-state index in [0.717, 1.165) is 44.1 Å². The number of ether oxygens (including phenoxy) is 6. The summed E-state index contributed by atoms with van der Waals surface area (Å²) < 4.78 is 40.2. The van der Waals surface area contributed by atoms with Crippen LogP contribution < -0.4 is 8.32 Å². The van der Waals surface area contributed by atoms with Gasteiger partial charge in [-0.2, -0.15) is 0 Å². The zero-order valence-corrected chi connectivity index (χ0v) is 31.5. The van der Waals surface area contributed by atoms with Crippen LogP contribution in [0.15, 0.2) is 12.1 Å². The fourth-order valence-corrected chi connectivity index (χ4v) is 23.3. The number of carbonyl (C=O) groups excluding carboxylic acids is 4. The number of hydrogen-bond donors (Lipinski definition) is 0. The number of rotatable bonds is 17. The number of carbonyl (C=O) groups is 4. The van der Waals surface area contributed by atoms with Gasteiger partial charge in [0.2, 0.25) is 0 Å². The topological polar surface area (TPSA) is 124 Å². The molecule has 0 aliphatic carbocycles. The Morgan fingerprint density at radius 2 is 1.22 bits per heavy atom. The normalized spacial score (nSPS) is 21.5.